The Morgan fingerprint density at radius 2 is 1.85 bits per heavy atom. The highest BCUT2D eigenvalue weighted by Crippen LogP contribution is 2.42. The number of para-hydroxylation sites is 1. The number of aromatic hydroxyl groups is 1. The predicted molar refractivity (Wildman–Crippen MR) is 135 cm³/mol. The number of cyclic esters (lactones) is 1. The van der Waals surface area contributed by atoms with Crippen LogP contribution in [0.5, 0.6) is 11.5 Å². The van der Waals surface area contributed by atoms with Crippen LogP contribution in [0.1, 0.15) is 65.4 Å². The van der Waals surface area contributed by atoms with Crippen molar-refractivity contribution in [2.75, 3.05) is 7.11 Å². The second kappa shape index (κ2) is 10.6. The molecule has 0 radical (unpaired) electrons. The van der Waals surface area contributed by atoms with Gasteiger partial charge in [0, 0.05) is 17.2 Å². The molecule has 2 atom stereocenters. The zero-order valence-electron chi connectivity index (χ0n) is 21.7. The molecule has 0 aromatic heterocycles. The number of carbonyl (C=O) groups is 2. The van der Waals surface area contributed by atoms with E-state index in [4.69, 9.17) is 9.47 Å². The number of halogens is 4. The Morgan fingerprint density at radius 3 is 2.46 bits per heavy atom. The van der Waals surface area contributed by atoms with Gasteiger partial charge in [-0.25, -0.2) is 9.18 Å². The fraction of sp³-hybridized carbons (Fsp3) is 0.310. The fourth-order valence-electron chi connectivity index (χ4n) is 4.78. The number of carbonyl (C=O) groups excluding carboxylic acids is 2. The highest BCUT2D eigenvalue weighted by molar-refractivity contribution is 5.81. The summed E-state index contributed by atoms with van der Waals surface area (Å²) < 4.78 is 66.6. The van der Waals surface area contributed by atoms with Gasteiger partial charge in [-0.3, -0.25) is 9.69 Å². The van der Waals surface area contributed by atoms with Crippen LogP contribution in [0.25, 0.3) is 11.1 Å². The Bertz CT molecular complexity index is 1420. The van der Waals surface area contributed by atoms with Gasteiger partial charge in [-0.1, -0.05) is 32.0 Å². The number of aldehydes is 1. The molecule has 1 heterocycles. The Balaban J connectivity index is 1.81. The third-order valence-electron chi connectivity index (χ3n) is 6.93. The van der Waals surface area contributed by atoms with Crippen molar-refractivity contribution in [2.45, 2.75) is 51.6 Å². The monoisotopic (exact) mass is 545 g/mol. The number of methoxy groups -OCH3 is 1. The van der Waals surface area contributed by atoms with Crippen LogP contribution in [0.4, 0.5) is 22.4 Å². The zero-order valence-corrected chi connectivity index (χ0v) is 21.7. The second-order valence-electron chi connectivity index (χ2n) is 9.67. The van der Waals surface area contributed by atoms with Crippen LogP contribution in [0.2, 0.25) is 0 Å². The smallest absolute Gasteiger partial charge is 0.416 e. The highest BCUT2D eigenvalue weighted by Gasteiger charge is 2.42. The average Bonchev–Trinajstić information content (AvgIpc) is 3.16. The lowest BCUT2D eigenvalue weighted by Gasteiger charge is -2.24. The molecule has 1 amide bonds. The summed E-state index contributed by atoms with van der Waals surface area (Å²) in [5.74, 6) is -0.924. The summed E-state index contributed by atoms with van der Waals surface area (Å²) in [4.78, 5) is 25.4. The van der Waals surface area contributed by atoms with Gasteiger partial charge in [0.1, 0.15) is 17.3 Å². The number of hydrogen-bond donors (Lipinski definition) is 1. The van der Waals surface area contributed by atoms with Crippen LogP contribution in [-0.2, 0) is 17.5 Å². The molecule has 1 fully saturated rings. The largest absolute Gasteiger partial charge is 0.507 e. The molecule has 1 N–H and O–H groups in total. The Labute approximate surface area is 222 Å². The first-order chi connectivity index (χ1) is 18.4. The highest BCUT2D eigenvalue weighted by atomic mass is 19.4. The molecular weight excluding hydrogens is 518 g/mol. The number of phenolic OH excluding ortho intramolecular Hbond substituents is 1. The van der Waals surface area contributed by atoms with Gasteiger partial charge in [-0.05, 0) is 53.8 Å². The quantitative estimate of drug-likeness (QED) is 0.250. The van der Waals surface area contributed by atoms with E-state index in [-0.39, 0.29) is 40.7 Å². The Hall–Kier alpha value is -4.08. The van der Waals surface area contributed by atoms with Crippen molar-refractivity contribution < 1.29 is 41.7 Å². The molecule has 0 aliphatic carbocycles. The molecule has 3 aromatic rings. The van der Waals surface area contributed by atoms with Crippen LogP contribution in [-0.4, -0.2) is 35.5 Å². The second-order valence-corrected chi connectivity index (χ2v) is 9.67. The van der Waals surface area contributed by atoms with E-state index in [0.29, 0.717) is 23.0 Å². The van der Waals surface area contributed by atoms with E-state index in [1.54, 1.807) is 26.8 Å². The number of alkyl halides is 3. The first-order valence-corrected chi connectivity index (χ1v) is 12.2. The zero-order chi connectivity index (χ0) is 28.6. The van der Waals surface area contributed by atoms with E-state index < -0.39 is 35.8 Å². The molecule has 206 valence electrons. The molecule has 10 heteroatoms. The van der Waals surface area contributed by atoms with Gasteiger partial charge in [0.2, 0.25) is 0 Å². The van der Waals surface area contributed by atoms with Crippen LogP contribution in [0, 0.1) is 5.82 Å². The minimum atomic E-state index is -4.65. The van der Waals surface area contributed by atoms with Crippen molar-refractivity contribution in [1.82, 2.24) is 4.90 Å². The first kappa shape index (κ1) is 27.9. The molecule has 3 aromatic carbocycles. The molecule has 1 aliphatic heterocycles. The van der Waals surface area contributed by atoms with E-state index in [1.807, 2.05) is 0 Å². The molecule has 0 bridgehead atoms. The first-order valence-electron chi connectivity index (χ1n) is 12.2. The Morgan fingerprint density at radius 1 is 1.13 bits per heavy atom. The topological polar surface area (TPSA) is 76.1 Å². The standard InChI is InChI=1S/C29H27F4NO5/c1-15(2)22-11-23(25(38-4)12-24(22)30)20-9-8-19(29(31,32)33)10-18(20)13-34-16(3)27(39-28(34)37)21-7-5-6-17(14-35)26(21)36/h5-12,14-16,27,36H,13H2,1-4H3/t16-,27-/m0/s1. The summed E-state index contributed by atoms with van der Waals surface area (Å²) in [6, 6.07) is 9.61. The molecule has 39 heavy (non-hydrogen) atoms. The number of benzene rings is 3. The van der Waals surface area contributed by atoms with Crippen molar-refractivity contribution in [2.24, 2.45) is 0 Å². The Kier molecular flexibility index (Phi) is 7.59. The van der Waals surface area contributed by atoms with Gasteiger partial charge >= 0.3 is 12.3 Å². The molecule has 4 rings (SSSR count). The lowest BCUT2D eigenvalue weighted by molar-refractivity contribution is -0.137. The van der Waals surface area contributed by atoms with Crippen LogP contribution in [0.3, 0.4) is 0 Å². The van der Waals surface area contributed by atoms with Crippen molar-refractivity contribution >= 4 is 12.4 Å². The van der Waals surface area contributed by atoms with E-state index in [1.165, 1.54) is 42.3 Å². The van der Waals surface area contributed by atoms with E-state index in [0.717, 1.165) is 12.1 Å². The van der Waals surface area contributed by atoms with Gasteiger partial charge in [0.05, 0.1) is 30.8 Å². The molecule has 0 unspecified atom stereocenters. The van der Waals surface area contributed by atoms with E-state index in [2.05, 4.69) is 0 Å². The van der Waals surface area contributed by atoms with E-state index in [9.17, 15) is 32.3 Å². The van der Waals surface area contributed by atoms with Crippen LogP contribution < -0.4 is 4.74 Å². The summed E-state index contributed by atoms with van der Waals surface area (Å²) in [7, 11) is 1.33. The predicted octanol–water partition coefficient (Wildman–Crippen LogP) is 7.24. The lowest BCUT2D eigenvalue weighted by Crippen LogP contribution is -2.31. The number of ether oxygens (including phenoxy) is 2. The van der Waals surface area contributed by atoms with Crippen molar-refractivity contribution in [3.8, 4) is 22.6 Å². The molecule has 1 saturated heterocycles. The SMILES string of the molecule is COc1cc(F)c(C(C)C)cc1-c1ccc(C(F)(F)F)cc1CN1C(=O)O[C@H](c2cccc(C=O)c2O)[C@@H]1C. The van der Waals surface area contributed by atoms with Crippen molar-refractivity contribution in [1.29, 1.82) is 0 Å². The number of amides is 1. The minimum absolute atomic E-state index is 0.0127. The molecule has 0 saturated carbocycles. The van der Waals surface area contributed by atoms with Crippen molar-refractivity contribution in [3.63, 3.8) is 0 Å². The number of hydrogen-bond acceptors (Lipinski definition) is 5. The number of nitrogens with zero attached hydrogens (tertiary/aromatic N) is 1. The maximum atomic E-state index is 14.7. The lowest BCUT2D eigenvalue weighted by atomic mass is 9.91. The van der Waals surface area contributed by atoms with Crippen LogP contribution in [0.15, 0.2) is 48.5 Å². The van der Waals surface area contributed by atoms with Gasteiger partial charge in [0.25, 0.3) is 0 Å². The third kappa shape index (κ3) is 5.28. The molecule has 1 aliphatic rings. The van der Waals surface area contributed by atoms with Gasteiger partial charge < -0.3 is 14.6 Å². The maximum Gasteiger partial charge on any atom is 0.416 e. The summed E-state index contributed by atoms with van der Waals surface area (Å²) in [6.45, 7) is 4.94. The minimum Gasteiger partial charge on any atom is -0.507 e. The number of phenols is 1. The van der Waals surface area contributed by atoms with Crippen LogP contribution >= 0.6 is 0 Å². The van der Waals surface area contributed by atoms with Gasteiger partial charge in [-0.15, -0.1) is 0 Å². The molecule has 6 nitrogen and oxygen atoms in total. The summed E-state index contributed by atoms with van der Waals surface area (Å²) in [5.41, 5.74) is 0.499. The average molecular weight is 546 g/mol. The summed E-state index contributed by atoms with van der Waals surface area (Å²) >= 11 is 0. The summed E-state index contributed by atoms with van der Waals surface area (Å²) in [6.07, 6.45) is -5.96. The van der Waals surface area contributed by atoms with Gasteiger partial charge in [-0.2, -0.15) is 13.2 Å². The third-order valence-corrected chi connectivity index (χ3v) is 6.93. The van der Waals surface area contributed by atoms with Crippen molar-refractivity contribution in [3.05, 3.63) is 82.2 Å². The normalized spacial score (nSPS) is 17.5. The van der Waals surface area contributed by atoms with E-state index >= 15 is 0 Å². The molecule has 0 spiro atoms. The fourth-order valence-corrected chi connectivity index (χ4v) is 4.78. The maximum absolute atomic E-state index is 14.7. The molecular formula is C29H27F4NO5. The number of rotatable bonds is 7. The summed E-state index contributed by atoms with van der Waals surface area (Å²) in [5, 5.41) is 10.5. The van der Waals surface area contributed by atoms with Gasteiger partial charge in [0.15, 0.2) is 12.4 Å².